The van der Waals surface area contributed by atoms with Crippen molar-refractivity contribution >= 4 is 11.9 Å². The number of unbranched alkanes of at least 4 members (excludes halogenated alkanes) is 2. The maximum Gasteiger partial charge on any atom is 0.234 e. The third kappa shape index (κ3) is 7.48. The van der Waals surface area contributed by atoms with Crippen LogP contribution >= 0.6 is 0 Å². The lowest BCUT2D eigenvalue weighted by Gasteiger charge is -2.26. The molecule has 1 saturated carbocycles. The van der Waals surface area contributed by atoms with E-state index in [1.807, 2.05) is 0 Å². The second-order valence-corrected chi connectivity index (χ2v) is 7.37. The van der Waals surface area contributed by atoms with Crippen LogP contribution in [0.15, 0.2) is 0 Å². The lowest BCUT2D eigenvalue weighted by molar-refractivity contribution is 0.0884. The molecule has 1 atom stereocenters. The summed E-state index contributed by atoms with van der Waals surface area (Å²) in [5, 5.41) is 13.4. The zero-order chi connectivity index (χ0) is 20.2. The second-order valence-electron chi connectivity index (χ2n) is 7.37. The topological polar surface area (TPSA) is 92.6 Å². The van der Waals surface area contributed by atoms with E-state index in [0.717, 1.165) is 44.3 Å². The van der Waals surface area contributed by atoms with Crippen molar-refractivity contribution in [2.45, 2.75) is 84.3 Å². The molecule has 1 aromatic rings. The van der Waals surface area contributed by atoms with Gasteiger partial charge in [-0.1, -0.05) is 39.5 Å². The Hall–Kier alpha value is -1.51. The Labute approximate surface area is 169 Å². The molecule has 8 nitrogen and oxygen atoms in total. The molecule has 28 heavy (non-hydrogen) atoms. The summed E-state index contributed by atoms with van der Waals surface area (Å²) in [4.78, 5) is 15.5. The number of nitrogens with one attached hydrogen (secondary N) is 1. The van der Waals surface area contributed by atoms with E-state index in [-0.39, 0.29) is 6.73 Å². The van der Waals surface area contributed by atoms with E-state index in [9.17, 15) is 5.11 Å². The van der Waals surface area contributed by atoms with Crippen LogP contribution in [0.2, 0.25) is 0 Å². The number of hydrogen-bond donors (Lipinski definition) is 2. The van der Waals surface area contributed by atoms with Crippen LogP contribution in [0.4, 0.5) is 11.9 Å². The van der Waals surface area contributed by atoms with Crippen LogP contribution in [0.3, 0.4) is 0 Å². The maximum atomic E-state index is 10.2. The highest BCUT2D eigenvalue weighted by molar-refractivity contribution is 5.37. The number of aliphatic hydroxyl groups is 1. The summed E-state index contributed by atoms with van der Waals surface area (Å²) in [5.74, 6) is 2.07. The quantitative estimate of drug-likeness (QED) is 0.364. The zero-order valence-corrected chi connectivity index (χ0v) is 17.7. The minimum atomic E-state index is -0.755. The smallest absolute Gasteiger partial charge is 0.234 e. The molecule has 160 valence electrons. The fourth-order valence-corrected chi connectivity index (χ4v) is 3.13. The molecule has 0 spiro atoms. The number of rotatable bonds is 14. The van der Waals surface area contributed by atoms with E-state index in [1.165, 1.54) is 12.8 Å². The third-order valence-corrected chi connectivity index (χ3v) is 4.92. The first-order valence-electron chi connectivity index (χ1n) is 10.8. The highest BCUT2D eigenvalue weighted by Gasteiger charge is 2.24. The number of nitrogens with zero attached hydrogens (tertiary/aromatic N) is 4. The van der Waals surface area contributed by atoms with Crippen LogP contribution < -0.4 is 10.2 Å². The number of aliphatic hydroxyl groups excluding tert-OH is 1. The normalized spacial score (nSPS) is 15.7. The monoisotopic (exact) mass is 395 g/mol. The Morgan fingerprint density at radius 1 is 1.07 bits per heavy atom. The van der Waals surface area contributed by atoms with Gasteiger partial charge in [-0.2, -0.15) is 15.0 Å². The van der Waals surface area contributed by atoms with Crippen LogP contribution in [0.25, 0.3) is 0 Å². The first-order chi connectivity index (χ1) is 13.7. The van der Waals surface area contributed by atoms with Crippen molar-refractivity contribution in [2.24, 2.45) is 0 Å². The molecule has 2 N–H and O–H groups in total. The Bertz CT molecular complexity index is 553. The molecular weight excluding hydrogens is 358 g/mol. The highest BCUT2D eigenvalue weighted by Crippen LogP contribution is 2.33. The molecule has 0 radical (unpaired) electrons. The molecule has 2 rings (SSSR count). The number of anilines is 2. The summed E-state index contributed by atoms with van der Waals surface area (Å²) in [6, 6.07) is 0. The molecule has 8 heteroatoms. The minimum Gasteiger partial charge on any atom is -0.374 e. The standard InChI is InChI=1S/C20H37N5O3/c1-4-6-12-27-14-21-19-22-18(17-10-8-9-11-17)23-20(24-19)25(16(3)26)15-28-13-7-5-2/h16-17,26H,4-15H2,1-3H3,(H,21,22,23,24). The highest BCUT2D eigenvalue weighted by atomic mass is 16.5. The van der Waals surface area contributed by atoms with Crippen LogP contribution in [0.1, 0.15) is 83.9 Å². The van der Waals surface area contributed by atoms with E-state index >= 15 is 0 Å². The van der Waals surface area contributed by atoms with Gasteiger partial charge < -0.3 is 19.9 Å². The summed E-state index contributed by atoms with van der Waals surface area (Å²) < 4.78 is 11.3. The van der Waals surface area contributed by atoms with Gasteiger partial charge >= 0.3 is 0 Å². The maximum absolute atomic E-state index is 10.2. The third-order valence-electron chi connectivity index (χ3n) is 4.92. The van der Waals surface area contributed by atoms with Gasteiger partial charge in [-0.15, -0.1) is 0 Å². The predicted molar refractivity (Wildman–Crippen MR) is 110 cm³/mol. The van der Waals surface area contributed by atoms with E-state index in [0.29, 0.717) is 37.8 Å². The Morgan fingerprint density at radius 2 is 1.75 bits per heavy atom. The molecule has 1 unspecified atom stereocenters. The first kappa shape index (κ1) is 22.8. The number of aromatic nitrogens is 3. The van der Waals surface area contributed by atoms with Gasteiger partial charge in [0.1, 0.15) is 25.5 Å². The van der Waals surface area contributed by atoms with Gasteiger partial charge in [-0.25, -0.2) is 0 Å². The fourth-order valence-electron chi connectivity index (χ4n) is 3.13. The Morgan fingerprint density at radius 3 is 2.39 bits per heavy atom. The van der Waals surface area contributed by atoms with Crippen molar-refractivity contribution < 1.29 is 14.6 Å². The average Bonchev–Trinajstić information content (AvgIpc) is 3.22. The van der Waals surface area contributed by atoms with Crippen LogP contribution in [-0.4, -0.2) is 53.0 Å². The molecule has 0 aromatic carbocycles. The Kier molecular flexibility index (Phi) is 10.5. The van der Waals surface area contributed by atoms with Crippen molar-refractivity contribution in [1.29, 1.82) is 0 Å². The Balaban J connectivity index is 2.11. The van der Waals surface area contributed by atoms with E-state index in [2.05, 4.69) is 34.1 Å². The SMILES string of the molecule is CCCCOCNc1nc(C2CCCC2)nc(N(COCCCC)C(C)O)n1. The largest absolute Gasteiger partial charge is 0.374 e. The number of hydrogen-bond acceptors (Lipinski definition) is 8. The number of ether oxygens (including phenoxy) is 2. The van der Waals surface area contributed by atoms with Crippen LogP contribution in [0.5, 0.6) is 0 Å². The van der Waals surface area contributed by atoms with Crippen molar-refractivity contribution in [2.75, 3.05) is 36.9 Å². The molecular formula is C20H37N5O3. The van der Waals surface area contributed by atoms with Gasteiger partial charge in [0.25, 0.3) is 0 Å². The summed E-state index contributed by atoms with van der Waals surface area (Å²) in [6.07, 6.45) is 8.03. The molecule has 0 saturated heterocycles. The van der Waals surface area contributed by atoms with E-state index in [4.69, 9.17) is 9.47 Å². The molecule has 0 bridgehead atoms. The first-order valence-corrected chi connectivity index (χ1v) is 10.8. The summed E-state index contributed by atoms with van der Waals surface area (Å²) in [5.41, 5.74) is 0. The molecule has 1 aliphatic carbocycles. The van der Waals surface area contributed by atoms with Crippen LogP contribution in [0, 0.1) is 0 Å². The van der Waals surface area contributed by atoms with Crippen LogP contribution in [-0.2, 0) is 9.47 Å². The summed E-state index contributed by atoms with van der Waals surface area (Å²) in [7, 11) is 0. The van der Waals surface area contributed by atoms with E-state index < -0.39 is 6.23 Å². The van der Waals surface area contributed by atoms with Crippen molar-refractivity contribution in [3.63, 3.8) is 0 Å². The zero-order valence-electron chi connectivity index (χ0n) is 17.7. The van der Waals surface area contributed by atoms with Gasteiger partial charge in [-0.3, -0.25) is 4.90 Å². The lowest BCUT2D eigenvalue weighted by Crippen LogP contribution is -2.37. The second kappa shape index (κ2) is 12.9. The van der Waals surface area contributed by atoms with Gasteiger partial charge in [0.15, 0.2) is 0 Å². The average molecular weight is 396 g/mol. The van der Waals surface area contributed by atoms with Gasteiger partial charge in [-0.05, 0) is 32.6 Å². The molecule has 0 amide bonds. The van der Waals surface area contributed by atoms with Gasteiger partial charge in [0.05, 0.1) is 0 Å². The predicted octanol–water partition coefficient (Wildman–Crippen LogP) is 3.63. The molecule has 1 heterocycles. The van der Waals surface area contributed by atoms with E-state index in [1.54, 1.807) is 11.8 Å². The van der Waals surface area contributed by atoms with Crippen molar-refractivity contribution in [3.8, 4) is 0 Å². The summed E-state index contributed by atoms with van der Waals surface area (Å²) in [6.45, 7) is 7.92. The molecule has 1 fully saturated rings. The fraction of sp³-hybridized carbons (Fsp3) is 0.850. The summed E-state index contributed by atoms with van der Waals surface area (Å²) >= 11 is 0. The lowest BCUT2D eigenvalue weighted by atomic mass is 10.1. The van der Waals surface area contributed by atoms with Gasteiger partial charge in [0.2, 0.25) is 11.9 Å². The molecule has 1 aliphatic rings. The van der Waals surface area contributed by atoms with Crippen molar-refractivity contribution in [3.05, 3.63) is 5.82 Å². The van der Waals surface area contributed by atoms with Gasteiger partial charge in [0, 0.05) is 19.1 Å². The minimum absolute atomic E-state index is 0.248. The molecule has 0 aliphatic heterocycles. The molecule has 1 aromatic heterocycles. The van der Waals surface area contributed by atoms with Crippen molar-refractivity contribution in [1.82, 2.24) is 15.0 Å².